The number of hydrogen-bond acceptors (Lipinski definition) is 0. The van der Waals surface area contributed by atoms with E-state index in [0.29, 0.717) is 0 Å². The summed E-state index contributed by atoms with van der Waals surface area (Å²) in [5, 5.41) is 0. The summed E-state index contributed by atoms with van der Waals surface area (Å²) in [6, 6.07) is 8.32. The number of rotatable bonds is 1. The van der Waals surface area contributed by atoms with Gasteiger partial charge in [0.1, 0.15) is 0 Å². The van der Waals surface area contributed by atoms with E-state index in [9.17, 15) is 0 Å². The molecule has 0 aliphatic carbocycles. The fourth-order valence-electron chi connectivity index (χ4n) is 0.910. The Morgan fingerprint density at radius 1 is 1.40 bits per heavy atom. The van der Waals surface area contributed by atoms with Crippen molar-refractivity contribution in [2.75, 3.05) is 0 Å². The van der Waals surface area contributed by atoms with E-state index in [0.717, 1.165) is 0 Å². The lowest BCUT2D eigenvalue weighted by atomic mass is 10.1. The molecular formula is C10H11. The third-order valence-corrected chi connectivity index (χ3v) is 1.35. The highest BCUT2D eigenvalue weighted by molar-refractivity contribution is 5.50. The maximum Gasteiger partial charge on any atom is -0.0257 e. The van der Waals surface area contributed by atoms with Crippen molar-refractivity contribution in [3.63, 3.8) is 0 Å². The van der Waals surface area contributed by atoms with Crippen LogP contribution in [-0.2, 0) is 0 Å². The summed E-state index contributed by atoms with van der Waals surface area (Å²) in [6.45, 7) is 5.71. The molecule has 0 spiro atoms. The van der Waals surface area contributed by atoms with E-state index in [1.807, 2.05) is 12.1 Å². The first-order valence-corrected chi connectivity index (χ1v) is 3.35. The fourth-order valence-corrected chi connectivity index (χ4v) is 0.910. The normalized spacial score (nSPS) is 10.6. The molecule has 0 atom stereocenters. The van der Waals surface area contributed by atoms with Gasteiger partial charge in [0.2, 0.25) is 0 Å². The van der Waals surface area contributed by atoms with Gasteiger partial charge >= 0.3 is 0 Å². The lowest BCUT2D eigenvalue weighted by molar-refractivity contribution is 1.46. The first kappa shape index (κ1) is 7.07. The van der Waals surface area contributed by atoms with Gasteiger partial charge in [0, 0.05) is 0 Å². The summed E-state index contributed by atoms with van der Waals surface area (Å²) in [7, 11) is 0. The predicted molar refractivity (Wildman–Crippen MR) is 45.6 cm³/mol. The molecule has 0 aliphatic heterocycles. The monoisotopic (exact) mass is 131 g/mol. The van der Waals surface area contributed by atoms with Crippen molar-refractivity contribution >= 4 is 6.08 Å². The SMILES string of the molecule is [CH2]/C=C/c1cccc(C)c1. The van der Waals surface area contributed by atoms with Crippen LogP contribution in [0.25, 0.3) is 6.08 Å². The molecule has 0 amide bonds. The largest absolute Gasteiger partial charge is 0.0836 e. The molecule has 10 heavy (non-hydrogen) atoms. The number of hydrogen-bond donors (Lipinski definition) is 0. The zero-order valence-corrected chi connectivity index (χ0v) is 6.17. The Kier molecular flexibility index (Phi) is 2.27. The van der Waals surface area contributed by atoms with Crippen LogP contribution in [-0.4, -0.2) is 0 Å². The highest BCUT2D eigenvalue weighted by Gasteiger charge is 1.84. The van der Waals surface area contributed by atoms with Crippen LogP contribution < -0.4 is 0 Å². The Labute approximate surface area is 62.2 Å². The Balaban J connectivity index is 2.95. The molecule has 1 rings (SSSR count). The summed E-state index contributed by atoms with van der Waals surface area (Å²) in [5.41, 5.74) is 2.51. The lowest BCUT2D eigenvalue weighted by Gasteiger charge is -1.93. The van der Waals surface area contributed by atoms with Gasteiger partial charge in [0.05, 0.1) is 0 Å². The van der Waals surface area contributed by atoms with Crippen LogP contribution in [0, 0.1) is 13.8 Å². The van der Waals surface area contributed by atoms with Crippen LogP contribution in [0.1, 0.15) is 11.1 Å². The predicted octanol–water partition coefficient (Wildman–Crippen LogP) is 2.84. The number of aryl methyl sites for hydroxylation is 1. The molecule has 1 aromatic rings. The van der Waals surface area contributed by atoms with Crippen LogP contribution in [0.3, 0.4) is 0 Å². The van der Waals surface area contributed by atoms with Crippen molar-refractivity contribution in [2.24, 2.45) is 0 Å². The third kappa shape index (κ3) is 1.73. The molecule has 0 unspecified atom stereocenters. The zero-order chi connectivity index (χ0) is 7.40. The fraction of sp³-hybridized carbons (Fsp3) is 0.100. The molecule has 0 saturated carbocycles. The zero-order valence-electron chi connectivity index (χ0n) is 6.17. The van der Waals surface area contributed by atoms with Crippen molar-refractivity contribution in [3.05, 3.63) is 48.4 Å². The summed E-state index contributed by atoms with van der Waals surface area (Å²) in [6.07, 6.45) is 3.79. The average Bonchev–Trinajstić information content (AvgIpc) is 1.88. The third-order valence-electron chi connectivity index (χ3n) is 1.35. The first-order valence-electron chi connectivity index (χ1n) is 3.35. The van der Waals surface area contributed by atoms with Gasteiger partial charge in [-0.2, -0.15) is 0 Å². The second-order valence-corrected chi connectivity index (χ2v) is 2.32. The van der Waals surface area contributed by atoms with Gasteiger partial charge in [-0.1, -0.05) is 42.0 Å². The number of benzene rings is 1. The van der Waals surface area contributed by atoms with Gasteiger partial charge in [0.25, 0.3) is 0 Å². The van der Waals surface area contributed by atoms with Crippen molar-refractivity contribution in [2.45, 2.75) is 6.92 Å². The minimum Gasteiger partial charge on any atom is -0.0836 e. The Morgan fingerprint density at radius 2 is 2.20 bits per heavy atom. The van der Waals surface area contributed by atoms with Gasteiger partial charge in [-0.15, -0.1) is 0 Å². The molecule has 0 heterocycles. The standard InChI is InChI=1S/C10H11/c1-3-5-10-7-4-6-9(2)8-10/h3-8H,1H2,2H3/b5-3+. The van der Waals surface area contributed by atoms with Gasteiger partial charge in [0.15, 0.2) is 0 Å². The van der Waals surface area contributed by atoms with E-state index in [2.05, 4.69) is 32.0 Å². The quantitative estimate of drug-likeness (QED) is 0.549. The van der Waals surface area contributed by atoms with E-state index >= 15 is 0 Å². The highest BCUT2D eigenvalue weighted by Crippen LogP contribution is 2.04. The van der Waals surface area contributed by atoms with Crippen LogP contribution in [0.5, 0.6) is 0 Å². The second kappa shape index (κ2) is 3.21. The van der Waals surface area contributed by atoms with Crippen LogP contribution in [0.4, 0.5) is 0 Å². The van der Waals surface area contributed by atoms with Crippen LogP contribution in [0.2, 0.25) is 0 Å². The molecule has 0 nitrogen and oxygen atoms in total. The molecule has 51 valence electrons. The molecule has 0 fully saturated rings. The van der Waals surface area contributed by atoms with Crippen molar-refractivity contribution in [1.82, 2.24) is 0 Å². The minimum absolute atomic E-state index is 1.22. The maximum absolute atomic E-state index is 3.63. The van der Waals surface area contributed by atoms with E-state index in [-0.39, 0.29) is 0 Å². The smallest absolute Gasteiger partial charge is 0.0257 e. The van der Waals surface area contributed by atoms with Gasteiger partial charge in [-0.05, 0) is 19.4 Å². The van der Waals surface area contributed by atoms with Crippen molar-refractivity contribution in [1.29, 1.82) is 0 Å². The highest BCUT2D eigenvalue weighted by atomic mass is 13.9. The van der Waals surface area contributed by atoms with Crippen molar-refractivity contribution in [3.8, 4) is 0 Å². The summed E-state index contributed by atoms with van der Waals surface area (Å²) < 4.78 is 0. The van der Waals surface area contributed by atoms with E-state index in [1.165, 1.54) is 11.1 Å². The molecule has 0 heteroatoms. The Bertz CT molecular complexity index is 234. The first-order chi connectivity index (χ1) is 4.83. The molecular weight excluding hydrogens is 120 g/mol. The summed E-state index contributed by atoms with van der Waals surface area (Å²) in [5.74, 6) is 0. The molecule has 0 aromatic heterocycles. The second-order valence-electron chi connectivity index (χ2n) is 2.32. The molecule has 0 bridgehead atoms. The molecule has 0 N–H and O–H groups in total. The van der Waals surface area contributed by atoms with E-state index in [4.69, 9.17) is 0 Å². The van der Waals surface area contributed by atoms with Gasteiger partial charge in [-0.25, -0.2) is 0 Å². The van der Waals surface area contributed by atoms with Crippen LogP contribution in [0.15, 0.2) is 30.3 Å². The summed E-state index contributed by atoms with van der Waals surface area (Å²) >= 11 is 0. The Hall–Kier alpha value is -1.04. The van der Waals surface area contributed by atoms with E-state index < -0.39 is 0 Å². The summed E-state index contributed by atoms with van der Waals surface area (Å²) in [4.78, 5) is 0. The van der Waals surface area contributed by atoms with Gasteiger partial charge < -0.3 is 0 Å². The topological polar surface area (TPSA) is 0 Å². The minimum atomic E-state index is 1.22. The van der Waals surface area contributed by atoms with E-state index in [1.54, 1.807) is 6.08 Å². The average molecular weight is 131 g/mol. The molecule has 1 radical (unpaired) electrons. The maximum atomic E-state index is 3.63. The lowest BCUT2D eigenvalue weighted by Crippen LogP contribution is -1.72. The van der Waals surface area contributed by atoms with Gasteiger partial charge in [-0.3, -0.25) is 0 Å². The van der Waals surface area contributed by atoms with Crippen molar-refractivity contribution < 1.29 is 0 Å². The molecule has 0 aliphatic rings. The Morgan fingerprint density at radius 3 is 2.80 bits per heavy atom. The molecule has 1 aromatic carbocycles. The molecule has 0 saturated heterocycles. The number of allylic oxidation sites excluding steroid dienone is 1. The van der Waals surface area contributed by atoms with Crippen LogP contribution >= 0.6 is 0 Å².